The molecular formula is C12H11ClN4O2. The van der Waals surface area contributed by atoms with Crippen LogP contribution < -0.4 is 10.6 Å². The molecule has 0 spiro atoms. The first-order chi connectivity index (χ1) is 9.13. The molecule has 2 aromatic rings. The molecule has 0 aliphatic rings. The van der Waals surface area contributed by atoms with Gasteiger partial charge in [-0.05, 0) is 24.3 Å². The number of aromatic hydroxyl groups is 1. The molecule has 3 N–H and O–H groups in total. The molecule has 1 heterocycles. The van der Waals surface area contributed by atoms with Gasteiger partial charge < -0.3 is 15.7 Å². The van der Waals surface area contributed by atoms with E-state index in [0.29, 0.717) is 16.7 Å². The van der Waals surface area contributed by atoms with Gasteiger partial charge in [-0.2, -0.15) is 0 Å². The van der Waals surface area contributed by atoms with Crippen molar-refractivity contribution < 1.29 is 9.90 Å². The van der Waals surface area contributed by atoms with Crippen LogP contribution >= 0.6 is 11.6 Å². The van der Waals surface area contributed by atoms with E-state index in [1.54, 1.807) is 12.1 Å². The fraction of sp³-hybridized carbons (Fsp3) is 0.0833. The number of carbonyl (C=O) groups is 1. The number of aromatic nitrogens is 2. The lowest BCUT2D eigenvalue weighted by Gasteiger charge is -2.06. The monoisotopic (exact) mass is 278 g/mol. The predicted molar refractivity (Wildman–Crippen MR) is 72.3 cm³/mol. The molecule has 0 fully saturated rings. The summed E-state index contributed by atoms with van der Waals surface area (Å²) < 4.78 is 0. The fourth-order valence-electron chi connectivity index (χ4n) is 1.31. The van der Waals surface area contributed by atoms with Crippen molar-refractivity contribution in [1.29, 1.82) is 0 Å². The molecule has 0 saturated heterocycles. The molecule has 98 valence electrons. The molecule has 0 radical (unpaired) electrons. The second-order valence-corrected chi connectivity index (χ2v) is 4.11. The average molecular weight is 279 g/mol. The van der Waals surface area contributed by atoms with Crippen molar-refractivity contribution in [3.8, 4) is 5.75 Å². The van der Waals surface area contributed by atoms with Crippen molar-refractivity contribution in [2.75, 3.05) is 17.2 Å². The normalized spacial score (nSPS) is 9.95. The lowest BCUT2D eigenvalue weighted by Crippen LogP contribution is -2.22. The summed E-state index contributed by atoms with van der Waals surface area (Å²) in [4.78, 5) is 19.4. The van der Waals surface area contributed by atoms with Crippen molar-refractivity contribution in [3.05, 3.63) is 41.7 Å². The smallest absolute Gasteiger partial charge is 0.243 e. The molecule has 0 unspecified atom stereocenters. The Bertz CT molecular complexity index is 557. The first kappa shape index (κ1) is 13.1. The number of benzene rings is 1. The Morgan fingerprint density at radius 2 is 1.84 bits per heavy atom. The van der Waals surface area contributed by atoms with E-state index >= 15 is 0 Å². The molecule has 1 aromatic heterocycles. The molecule has 2 rings (SSSR count). The van der Waals surface area contributed by atoms with Gasteiger partial charge in [-0.3, -0.25) is 4.79 Å². The SMILES string of the molecule is O=C(CNc1ncc(Cl)cn1)Nc1ccc(O)cc1. The third-order valence-corrected chi connectivity index (χ3v) is 2.37. The second kappa shape index (κ2) is 6.01. The molecule has 0 bridgehead atoms. The van der Waals surface area contributed by atoms with Crippen LogP contribution in [0.15, 0.2) is 36.7 Å². The predicted octanol–water partition coefficient (Wildman–Crippen LogP) is 1.89. The Labute approximate surface area is 114 Å². The van der Waals surface area contributed by atoms with E-state index in [9.17, 15) is 4.79 Å². The van der Waals surface area contributed by atoms with Gasteiger partial charge in [-0.25, -0.2) is 9.97 Å². The average Bonchev–Trinajstić information content (AvgIpc) is 2.41. The molecule has 0 aliphatic heterocycles. The zero-order valence-electron chi connectivity index (χ0n) is 9.80. The van der Waals surface area contributed by atoms with Crippen LogP contribution in [-0.2, 0) is 4.79 Å². The van der Waals surface area contributed by atoms with Crippen LogP contribution in [0.25, 0.3) is 0 Å². The second-order valence-electron chi connectivity index (χ2n) is 3.67. The number of nitrogens with zero attached hydrogens (tertiary/aromatic N) is 2. The summed E-state index contributed by atoms with van der Waals surface area (Å²) in [6.07, 6.45) is 2.88. The van der Waals surface area contributed by atoms with Crippen molar-refractivity contribution in [3.63, 3.8) is 0 Å². The van der Waals surface area contributed by atoms with E-state index < -0.39 is 0 Å². The Morgan fingerprint density at radius 1 is 1.21 bits per heavy atom. The quantitative estimate of drug-likeness (QED) is 0.744. The summed E-state index contributed by atoms with van der Waals surface area (Å²) in [6, 6.07) is 6.19. The molecule has 19 heavy (non-hydrogen) atoms. The number of hydrogen-bond donors (Lipinski definition) is 3. The number of amides is 1. The highest BCUT2D eigenvalue weighted by Gasteiger charge is 2.03. The van der Waals surface area contributed by atoms with Crippen molar-refractivity contribution in [1.82, 2.24) is 9.97 Å². The van der Waals surface area contributed by atoms with Crippen molar-refractivity contribution >= 4 is 29.1 Å². The minimum Gasteiger partial charge on any atom is -0.508 e. The number of rotatable bonds is 4. The van der Waals surface area contributed by atoms with Crippen LogP contribution in [0.1, 0.15) is 0 Å². The summed E-state index contributed by atoms with van der Waals surface area (Å²) in [5, 5.41) is 15.0. The third-order valence-electron chi connectivity index (χ3n) is 2.18. The van der Waals surface area contributed by atoms with Crippen LogP contribution in [0, 0.1) is 0 Å². The van der Waals surface area contributed by atoms with Gasteiger partial charge in [0.15, 0.2) is 0 Å². The van der Waals surface area contributed by atoms with E-state index in [2.05, 4.69) is 20.6 Å². The van der Waals surface area contributed by atoms with Crippen LogP contribution in [0.5, 0.6) is 5.75 Å². The van der Waals surface area contributed by atoms with E-state index in [4.69, 9.17) is 16.7 Å². The Kier molecular flexibility index (Phi) is 4.15. The van der Waals surface area contributed by atoms with Crippen molar-refractivity contribution in [2.24, 2.45) is 0 Å². The molecule has 6 nitrogen and oxygen atoms in total. The summed E-state index contributed by atoms with van der Waals surface area (Å²) in [5.41, 5.74) is 0.599. The molecule has 1 aromatic carbocycles. The number of phenolic OH excluding ortho intramolecular Hbond substituents is 1. The first-order valence-corrected chi connectivity index (χ1v) is 5.81. The lowest BCUT2D eigenvalue weighted by molar-refractivity contribution is -0.114. The maximum Gasteiger partial charge on any atom is 0.243 e. The summed E-state index contributed by atoms with van der Waals surface area (Å²) >= 11 is 5.64. The first-order valence-electron chi connectivity index (χ1n) is 5.44. The van der Waals surface area contributed by atoms with Gasteiger partial charge in [0.25, 0.3) is 0 Å². The minimum atomic E-state index is -0.246. The summed E-state index contributed by atoms with van der Waals surface area (Å²) in [7, 11) is 0. The summed E-state index contributed by atoms with van der Waals surface area (Å²) in [5.74, 6) is 0.222. The van der Waals surface area contributed by atoms with Crippen LogP contribution in [-0.4, -0.2) is 27.5 Å². The number of nitrogens with one attached hydrogen (secondary N) is 2. The van der Waals surface area contributed by atoms with Gasteiger partial charge in [0, 0.05) is 5.69 Å². The maximum absolute atomic E-state index is 11.6. The topological polar surface area (TPSA) is 87.1 Å². The molecule has 0 saturated carbocycles. The number of hydrogen-bond acceptors (Lipinski definition) is 5. The Balaban J connectivity index is 1.84. The number of halogens is 1. The molecule has 1 amide bonds. The summed E-state index contributed by atoms with van der Waals surface area (Å²) in [6.45, 7) is 0.0303. The highest BCUT2D eigenvalue weighted by molar-refractivity contribution is 6.30. The van der Waals surface area contributed by atoms with Gasteiger partial charge in [-0.1, -0.05) is 11.6 Å². The van der Waals surface area contributed by atoms with Gasteiger partial charge in [0.1, 0.15) is 5.75 Å². The fourth-order valence-corrected chi connectivity index (χ4v) is 1.41. The largest absolute Gasteiger partial charge is 0.508 e. The molecule has 0 atom stereocenters. The highest BCUT2D eigenvalue weighted by Crippen LogP contribution is 2.13. The van der Waals surface area contributed by atoms with Gasteiger partial charge >= 0.3 is 0 Å². The van der Waals surface area contributed by atoms with Crippen molar-refractivity contribution in [2.45, 2.75) is 0 Å². The third kappa shape index (κ3) is 4.11. The molecular weight excluding hydrogens is 268 g/mol. The highest BCUT2D eigenvalue weighted by atomic mass is 35.5. The van der Waals surface area contributed by atoms with Gasteiger partial charge in [0.2, 0.25) is 11.9 Å². The molecule has 7 heteroatoms. The zero-order valence-corrected chi connectivity index (χ0v) is 10.6. The standard InChI is InChI=1S/C12H11ClN4O2/c13-8-5-14-12(15-6-8)16-7-11(19)17-9-1-3-10(18)4-2-9/h1-6,18H,7H2,(H,17,19)(H,14,15,16). The number of phenols is 1. The lowest BCUT2D eigenvalue weighted by atomic mass is 10.3. The zero-order chi connectivity index (χ0) is 13.7. The Morgan fingerprint density at radius 3 is 2.47 bits per heavy atom. The van der Waals surface area contributed by atoms with Gasteiger partial charge in [0.05, 0.1) is 24.0 Å². The van der Waals surface area contributed by atoms with Crippen LogP contribution in [0.2, 0.25) is 5.02 Å². The van der Waals surface area contributed by atoms with E-state index in [0.717, 1.165) is 0 Å². The maximum atomic E-state index is 11.6. The minimum absolute atomic E-state index is 0.0303. The number of carbonyl (C=O) groups excluding carboxylic acids is 1. The van der Waals surface area contributed by atoms with Gasteiger partial charge in [-0.15, -0.1) is 0 Å². The van der Waals surface area contributed by atoms with E-state index in [1.807, 2.05) is 0 Å². The number of anilines is 2. The van der Waals surface area contributed by atoms with Crippen LogP contribution in [0.4, 0.5) is 11.6 Å². The Hall–Kier alpha value is -2.34. The van der Waals surface area contributed by atoms with E-state index in [1.165, 1.54) is 24.5 Å². The molecule has 0 aliphatic carbocycles. The van der Waals surface area contributed by atoms with E-state index in [-0.39, 0.29) is 18.2 Å². The van der Waals surface area contributed by atoms with Crippen LogP contribution in [0.3, 0.4) is 0 Å².